The number of hydrogen-bond donors (Lipinski definition) is 0. The Morgan fingerprint density at radius 1 is 0.296 bits per heavy atom. The van der Waals surface area contributed by atoms with E-state index in [0.29, 0.717) is 0 Å². The fourth-order valence-electron chi connectivity index (χ4n) is 11.6. The number of nitrogens with zero attached hydrogens (tertiary/aromatic N) is 3. The van der Waals surface area contributed by atoms with E-state index in [4.69, 9.17) is 0 Å². The van der Waals surface area contributed by atoms with Crippen molar-refractivity contribution in [3.05, 3.63) is 273 Å². The van der Waals surface area contributed by atoms with E-state index in [2.05, 4.69) is 287 Å². The second-order valence-corrected chi connectivity index (χ2v) is 23.3. The molecular weight excluding hydrogens is 895 g/mol. The molecule has 3 heterocycles. The van der Waals surface area contributed by atoms with E-state index in [0.717, 1.165) is 39.8 Å². The summed E-state index contributed by atoms with van der Waals surface area (Å²) < 4.78 is 5.00. The fraction of sp³-hybridized carbons (Fsp3) is 0. The normalized spacial score (nSPS) is 12.6. The van der Waals surface area contributed by atoms with Gasteiger partial charge < -0.3 is 14.4 Å². The van der Waals surface area contributed by atoms with Gasteiger partial charge in [-0.2, -0.15) is 0 Å². The van der Waals surface area contributed by atoms with E-state index in [1.807, 2.05) is 11.3 Å². The first kappa shape index (κ1) is 41.2. The molecule has 13 aromatic rings. The van der Waals surface area contributed by atoms with E-state index in [-0.39, 0.29) is 0 Å². The molecule has 14 rings (SSSR count). The summed E-state index contributed by atoms with van der Waals surface area (Å²) in [6, 6.07) is 101. The minimum Gasteiger partial charge on any atom is -0.310 e. The lowest BCUT2D eigenvalue weighted by Gasteiger charge is -2.32. The Balaban J connectivity index is 1.01. The Morgan fingerprint density at radius 3 is 1.31 bits per heavy atom. The number of fused-ring (bicyclic) bond motifs is 9. The molecule has 5 heteroatoms. The van der Waals surface area contributed by atoms with Crippen molar-refractivity contribution in [2.45, 2.75) is 0 Å². The molecule has 334 valence electrons. The summed E-state index contributed by atoms with van der Waals surface area (Å²) in [5.74, 6) is 0. The van der Waals surface area contributed by atoms with Crippen LogP contribution in [0.2, 0.25) is 0 Å². The van der Waals surface area contributed by atoms with Gasteiger partial charge in [0.1, 0.15) is 0 Å². The molecule has 0 fully saturated rings. The van der Waals surface area contributed by atoms with Crippen molar-refractivity contribution in [3.8, 4) is 16.8 Å². The molecule has 0 bridgehead atoms. The molecular formula is C66H45N3SSi. The zero-order valence-electron chi connectivity index (χ0n) is 38.7. The first-order valence-corrected chi connectivity index (χ1v) is 27.1. The van der Waals surface area contributed by atoms with Crippen LogP contribution in [0.3, 0.4) is 0 Å². The molecule has 1 aliphatic heterocycles. The number of aromatic nitrogens is 1. The van der Waals surface area contributed by atoms with Crippen LogP contribution in [0.5, 0.6) is 0 Å². The Labute approximate surface area is 418 Å². The molecule has 2 aromatic heterocycles. The van der Waals surface area contributed by atoms with Crippen LogP contribution in [0.25, 0.3) is 58.8 Å². The first-order valence-electron chi connectivity index (χ1n) is 24.3. The Bertz CT molecular complexity index is 4070. The van der Waals surface area contributed by atoms with Crippen molar-refractivity contribution in [1.29, 1.82) is 0 Å². The van der Waals surface area contributed by atoms with Gasteiger partial charge in [-0.15, -0.1) is 11.3 Å². The lowest BCUT2D eigenvalue weighted by Crippen LogP contribution is -2.72. The second kappa shape index (κ2) is 16.7. The summed E-state index contributed by atoms with van der Waals surface area (Å²) in [6.45, 7) is 0. The average Bonchev–Trinajstić information content (AvgIpc) is 4.08. The topological polar surface area (TPSA) is 11.4 Å². The largest absolute Gasteiger partial charge is 0.310 e. The summed E-state index contributed by atoms with van der Waals surface area (Å²) in [7, 11) is -2.85. The van der Waals surface area contributed by atoms with Crippen LogP contribution in [0, 0.1) is 0 Å². The number of hydrogen-bond acceptors (Lipinski definition) is 3. The van der Waals surface area contributed by atoms with E-state index in [1.54, 1.807) is 0 Å². The molecule has 0 saturated heterocycles. The van der Waals surface area contributed by atoms with Crippen molar-refractivity contribution < 1.29 is 0 Å². The summed E-state index contributed by atoms with van der Waals surface area (Å²) in [6.07, 6.45) is 0. The highest BCUT2D eigenvalue weighted by atomic mass is 32.1. The first-order chi connectivity index (χ1) is 35.2. The van der Waals surface area contributed by atoms with Gasteiger partial charge in [-0.1, -0.05) is 176 Å². The fourth-order valence-corrected chi connectivity index (χ4v) is 17.9. The summed E-state index contributed by atoms with van der Waals surface area (Å²) in [5.41, 5.74) is 12.7. The van der Waals surface area contributed by atoms with Gasteiger partial charge in [0, 0.05) is 70.8 Å². The summed E-state index contributed by atoms with van der Waals surface area (Å²) >= 11 is 1.86. The number of anilines is 6. The highest BCUT2D eigenvalue weighted by Gasteiger charge is 2.49. The van der Waals surface area contributed by atoms with Gasteiger partial charge in [0.25, 0.3) is 0 Å². The van der Waals surface area contributed by atoms with Crippen LogP contribution >= 0.6 is 11.3 Å². The van der Waals surface area contributed by atoms with E-state index in [9.17, 15) is 0 Å². The number of benzene rings is 11. The lowest BCUT2D eigenvalue weighted by molar-refractivity contribution is 1.18. The molecule has 11 aromatic carbocycles. The predicted octanol–water partition coefficient (Wildman–Crippen LogP) is 15.4. The van der Waals surface area contributed by atoms with Crippen LogP contribution in [-0.4, -0.2) is 12.6 Å². The van der Waals surface area contributed by atoms with Crippen molar-refractivity contribution in [2.24, 2.45) is 0 Å². The smallest absolute Gasteiger partial charge is 0.180 e. The van der Waals surface area contributed by atoms with E-state index < -0.39 is 8.07 Å². The zero-order chi connectivity index (χ0) is 46.9. The highest BCUT2D eigenvalue weighted by molar-refractivity contribution is 7.26. The number of para-hydroxylation sites is 4. The Kier molecular flexibility index (Phi) is 9.73. The SMILES string of the molecule is c1ccc(N(c2ccc3c(c2)-c2cc(N(c4ccccc4)c4ccc5c6ccccc6n(-c6ccccc6)c5c4)ccc2[Si]3(c2ccccc2)c2ccccc2)c2ccc3c(c2)sc2ccccc23)cc1. The molecule has 0 saturated carbocycles. The van der Waals surface area contributed by atoms with Crippen LogP contribution in [0.4, 0.5) is 34.1 Å². The molecule has 3 nitrogen and oxygen atoms in total. The minimum absolute atomic E-state index is 1.09. The summed E-state index contributed by atoms with van der Waals surface area (Å²) in [4.78, 5) is 4.89. The minimum atomic E-state index is -2.85. The Hall–Kier alpha value is -8.74. The number of rotatable bonds is 9. The molecule has 1 aliphatic rings. The van der Waals surface area contributed by atoms with Crippen molar-refractivity contribution in [1.82, 2.24) is 4.57 Å². The molecule has 0 spiro atoms. The van der Waals surface area contributed by atoms with Gasteiger partial charge in [0.15, 0.2) is 8.07 Å². The van der Waals surface area contributed by atoms with Gasteiger partial charge >= 0.3 is 0 Å². The van der Waals surface area contributed by atoms with Crippen molar-refractivity contribution in [3.63, 3.8) is 0 Å². The maximum Gasteiger partial charge on any atom is 0.180 e. The van der Waals surface area contributed by atoms with Crippen LogP contribution < -0.4 is 30.5 Å². The van der Waals surface area contributed by atoms with Gasteiger partial charge in [-0.3, -0.25) is 0 Å². The van der Waals surface area contributed by atoms with Crippen molar-refractivity contribution in [2.75, 3.05) is 9.80 Å². The van der Waals surface area contributed by atoms with Crippen molar-refractivity contribution >= 4 is 116 Å². The van der Waals surface area contributed by atoms with Crippen LogP contribution in [0.1, 0.15) is 0 Å². The molecule has 0 radical (unpaired) electrons. The van der Waals surface area contributed by atoms with E-state index in [1.165, 1.54) is 73.9 Å². The molecule has 0 aliphatic carbocycles. The third-order valence-electron chi connectivity index (χ3n) is 14.6. The monoisotopic (exact) mass is 939 g/mol. The maximum absolute atomic E-state index is 2.85. The Morgan fingerprint density at radius 2 is 0.718 bits per heavy atom. The number of thiophene rings is 1. The third kappa shape index (κ3) is 6.55. The third-order valence-corrected chi connectivity index (χ3v) is 20.6. The van der Waals surface area contributed by atoms with Crippen LogP contribution in [-0.2, 0) is 0 Å². The van der Waals surface area contributed by atoms with Gasteiger partial charge in [-0.25, -0.2) is 0 Å². The maximum atomic E-state index is 2.48. The van der Waals surface area contributed by atoms with Crippen LogP contribution in [0.15, 0.2) is 273 Å². The zero-order valence-corrected chi connectivity index (χ0v) is 40.5. The van der Waals surface area contributed by atoms with Gasteiger partial charge in [0.05, 0.1) is 11.0 Å². The molecule has 71 heavy (non-hydrogen) atoms. The second-order valence-electron chi connectivity index (χ2n) is 18.5. The highest BCUT2D eigenvalue weighted by Crippen LogP contribution is 2.45. The van der Waals surface area contributed by atoms with E-state index >= 15 is 0 Å². The molecule has 0 N–H and O–H groups in total. The lowest BCUT2D eigenvalue weighted by atomic mass is 10.0. The molecule has 0 unspecified atom stereocenters. The quantitative estimate of drug-likeness (QED) is 0.134. The molecule has 0 amide bonds. The predicted molar refractivity (Wildman–Crippen MR) is 306 cm³/mol. The van der Waals surface area contributed by atoms with Gasteiger partial charge in [-0.05, 0) is 129 Å². The summed E-state index contributed by atoms with van der Waals surface area (Å²) in [5, 5.41) is 10.6. The molecule has 0 atom stereocenters. The van der Waals surface area contributed by atoms with Gasteiger partial charge in [0.2, 0.25) is 0 Å². The average molecular weight is 940 g/mol. The standard InChI is InChI=1S/C66H45N3SSi/c1-6-20-46(21-7-1)67(51-34-38-56-55-30-16-18-32-61(55)69(62(56)44-51)48-24-10-3-11-25-48)49-36-40-65-59(42-49)60-43-50(37-41-66(60)71(65,53-26-12-4-13-27-53)54-28-14-5-15-29-54)68(47-22-8-2-9-23-47)52-35-39-58-57-31-17-19-33-63(57)70-64(58)45-52/h1-45H.